The van der Waals surface area contributed by atoms with Gasteiger partial charge in [-0.05, 0) is 25.2 Å². The van der Waals surface area contributed by atoms with E-state index in [4.69, 9.17) is 5.11 Å². The number of nitrogens with zero attached hydrogens (tertiary/aromatic N) is 2. The molecule has 0 amide bonds. The van der Waals surface area contributed by atoms with Gasteiger partial charge in [0, 0.05) is 33.3 Å². The molecule has 1 rings (SSSR count). The van der Waals surface area contributed by atoms with E-state index in [1.807, 2.05) is 0 Å². The van der Waals surface area contributed by atoms with Gasteiger partial charge < -0.3 is 5.11 Å². The van der Waals surface area contributed by atoms with Crippen molar-refractivity contribution in [3.05, 3.63) is 0 Å². The minimum Gasteiger partial charge on any atom is -0.396 e. The van der Waals surface area contributed by atoms with E-state index in [0.29, 0.717) is 32.0 Å². The number of piperidine rings is 1. The number of aliphatic hydroxyl groups excluding tert-OH is 1. The van der Waals surface area contributed by atoms with Crippen LogP contribution in [0.15, 0.2) is 0 Å². The second-order valence-electron chi connectivity index (χ2n) is 5.04. The van der Waals surface area contributed by atoms with E-state index >= 15 is 0 Å². The summed E-state index contributed by atoms with van der Waals surface area (Å²) in [5.74, 6) is 0.684. The standard InChI is InChI=1S/C12H26N2O3S/c1-3-5-12-6-9-14(10-7-12)18(16,17)13(2)8-4-11-15/h12,15H,3-11H2,1-2H3. The summed E-state index contributed by atoms with van der Waals surface area (Å²) in [4.78, 5) is 0. The summed E-state index contributed by atoms with van der Waals surface area (Å²) in [6.45, 7) is 3.85. The van der Waals surface area contributed by atoms with Gasteiger partial charge in [-0.25, -0.2) is 0 Å². The maximum atomic E-state index is 12.2. The molecule has 1 N–H and O–H groups in total. The smallest absolute Gasteiger partial charge is 0.281 e. The maximum absolute atomic E-state index is 12.2. The maximum Gasteiger partial charge on any atom is 0.281 e. The number of aliphatic hydroxyl groups is 1. The molecule has 0 bridgehead atoms. The molecule has 0 radical (unpaired) electrons. The van der Waals surface area contributed by atoms with Crippen LogP contribution in [-0.2, 0) is 10.2 Å². The highest BCUT2D eigenvalue weighted by atomic mass is 32.2. The second kappa shape index (κ2) is 7.43. The van der Waals surface area contributed by atoms with Crippen molar-refractivity contribution in [3.8, 4) is 0 Å². The molecule has 1 aliphatic rings. The molecule has 1 saturated heterocycles. The molecule has 6 heteroatoms. The Morgan fingerprint density at radius 2 is 1.94 bits per heavy atom. The van der Waals surface area contributed by atoms with Crippen molar-refractivity contribution in [2.24, 2.45) is 5.92 Å². The predicted molar refractivity (Wildman–Crippen MR) is 72.5 cm³/mol. The predicted octanol–water partition coefficient (Wildman–Crippen LogP) is 1.06. The first-order valence-corrected chi connectivity index (χ1v) is 8.24. The van der Waals surface area contributed by atoms with Crippen LogP contribution in [0.1, 0.15) is 39.0 Å². The van der Waals surface area contributed by atoms with Crippen molar-refractivity contribution in [2.45, 2.75) is 39.0 Å². The van der Waals surface area contributed by atoms with Crippen LogP contribution in [-0.4, -0.2) is 55.4 Å². The molecule has 0 aromatic carbocycles. The highest BCUT2D eigenvalue weighted by molar-refractivity contribution is 7.86. The van der Waals surface area contributed by atoms with E-state index in [-0.39, 0.29) is 6.61 Å². The first kappa shape index (κ1) is 15.9. The average Bonchev–Trinajstić information content (AvgIpc) is 2.37. The Bertz CT molecular complexity index is 324. The molecule has 0 aromatic heterocycles. The van der Waals surface area contributed by atoms with E-state index in [1.54, 1.807) is 11.4 Å². The Balaban J connectivity index is 2.49. The molecule has 0 unspecified atom stereocenters. The number of rotatable bonds is 7. The number of hydrogen-bond acceptors (Lipinski definition) is 3. The highest BCUT2D eigenvalue weighted by Gasteiger charge is 2.30. The van der Waals surface area contributed by atoms with Crippen LogP contribution in [0.5, 0.6) is 0 Å². The lowest BCUT2D eigenvalue weighted by Gasteiger charge is -2.33. The first-order chi connectivity index (χ1) is 8.52. The van der Waals surface area contributed by atoms with Gasteiger partial charge in [-0.3, -0.25) is 0 Å². The third-order valence-electron chi connectivity index (χ3n) is 3.62. The Kier molecular flexibility index (Phi) is 6.55. The molecular weight excluding hydrogens is 252 g/mol. The molecule has 0 spiro atoms. The normalized spacial score (nSPS) is 19.6. The van der Waals surface area contributed by atoms with E-state index in [2.05, 4.69) is 6.92 Å². The molecule has 1 aliphatic heterocycles. The fraction of sp³-hybridized carbons (Fsp3) is 1.00. The van der Waals surface area contributed by atoms with Crippen LogP contribution < -0.4 is 0 Å². The van der Waals surface area contributed by atoms with Crippen molar-refractivity contribution >= 4 is 10.2 Å². The lowest BCUT2D eigenvalue weighted by atomic mass is 9.94. The van der Waals surface area contributed by atoms with Crippen LogP contribution in [0.25, 0.3) is 0 Å². The summed E-state index contributed by atoms with van der Waals surface area (Å²) in [6.07, 6.45) is 4.81. The molecule has 0 saturated carbocycles. The molecule has 1 heterocycles. The zero-order valence-electron chi connectivity index (χ0n) is 11.5. The summed E-state index contributed by atoms with van der Waals surface area (Å²) >= 11 is 0. The molecule has 18 heavy (non-hydrogen) atoms. The van der Waals surface area contributed by atoms with E-state index in [9.17, 15) is 8.42 Å². The summed E-state index contributed by atoms with van der Waals surface area (Å²) < 4.78 is 27.4. The van der Waals surface area contributed by atoms with Gasteiger partial charge in [0.15, 0.2) is 0 Å². The lowest BCUT2D eigenvalue weighted by molar-refractivity contribution is 0.242. The average molecular weight is 278 g/mol. The van der Waals surface area contributed by atoms with Crippen molar-refractivity contribution < 1.29 is 13.5 Å². The van der Waals surface area contributed by atoms with Gasteiger partial charge in [-0.2, -0.15) is 17.0 Å². The zero-order chi connectivity index (χ0) is 13.6. The second-order valence-corrected chi connectivity index (χ2v) is 7.07. The van der Waals surface area contributed by atoms with Gasteiger partial charge in [0.05, 0.1) is 0 Å². The van der Waals surface area contributed by atoms with Crippen LogP contribution in [0, 0.1) is 5.92 Å². The van der Waals surface area contributed by atoms with Gasteiger partial charge in [0.1, 0.15) is 0 Å². The molecule has 0 atom stereocenters. The van der Waals surface area contributed by atoms with Crippen molar-refractivity contribution in [1.29, 1.82) is 0 Å². The van der Waals surface area contributed by atoms with Crippen molar-refractivity contribution in [1.82, 2.24) is 8.61 Å². The van der Waals surface area contributed by atoms with Crippen molar-refractivity contribution in [3.63, 3.8) is 0 Å². The minimum absolute atomic E-state index is 0.0262. The van der Waals surface area contributed by atoms with E-state index in [0.717, 1.165) is 12.8 Å². The Hall–Kier alpha value is -0.170. The SMILES string of the molecule is CCCC1CCN(S(=O)(=O)N(C)CCCO)CC1. The third-order valence-corrected chi connectivity index (χ3v) is 5.61. The Morgan fingerprint density at radius 1 is 1.33 bits per heavy atom. The van der Waals surface area contributed by atoms with Crippen LogP contribution in [0.2, 0.25) is 0 Å². The fourth-order valence-corrected chi connectivity index (χ4v) is 3.87. The lowest BCUT2D eigenvalue weighted by Crippen LogP contribution is -2.46. The van der Waals surface area contributed by atoms with Gasteiger partial charge in [-0.1, -0.05) is 19.8 Å². The fourth-order valence-electron chi connectivity index (χ4n) is 2.44. The topological polar surface area (TPSA) is 60.9 Å². The van der Waals surface area contributed by atoms with Crippen LogP contribution in [0.3, 0.4) is 0 Å². The molecule has 0 aliphatic carbocycles. The van der Waals surface area contributed by atoms with E-state index in [1.165, 1.54) is 17.1 Å². The molecule has 5 nitrogen and oxygen atoms in total. The molecule has 108 valence electrons. The summed E-state index contributed by atoms with van der Waals surface area (Å²) in [6, 6.07) is 0. The third kappa shape index (κ3) is 4.19. The largest absolute Gasteiger partial charge is 0.396 e. The molecule has 0 aromatic rings. The van der Waals surface area contributed by atoms with Crippen molar-refractivity contribution in [2.75, 3.05) is 33.3 Å². The Morgan fingerprint density at radius 3 is 2.44 bits per heavy atom. The minimum atomic E-state index is -3.32. The summed E-state index contributed by atoms with van der Waals surface area (Å²) in [7, 11) is -1.73. The van der Waals surface area contributed by atoms with E-state index < -0.39 is 10.2 Å². The molecular formula is C12H26N2O3S. The van der Waals surface area contributed by atoms with Gasteiger partial charge in [0.2, 0.25) is 0 Å². The van der Waals surface area contributed by atoms with Gasteiger partial charge in [-0.15, -0.1) is 0 Å². The Labute approximate surface area is 111 Å². The summed E-state index contributed by atoms with van der Waals surface area (Å²) in [5, 5.41) is 8.75. The monoisotopic (exact) mass is 278 g/mol. The summed E-state index contributed by atoms with van der Waals surface area (Å²) in [5.41, 5.74) is 0. The van der Waals surface area contributed by atoms with Gasteiger partial charge in [0.25, 0.3) is 10.2 Å². The quantitative estimate of drug-likeness (QED) is 0.757. The van der Waals surface area contributed by atoms with Crippen LogP contribution >= 0.6 is 0 Å². The van der Waals surface area contributed by atoms with Crippen LogP contribution in [0.4, 0.5) is 0 Å². The first-order valence-electron chi connectivity index (χ1n) is 6.84. The molecule has 1 fully saturated rings. The van der Waals surface area contributed by atoms with Gasteiger partial charge >= 0.3 is 0 Å². The zero-order valence-corrected chi connectivity index (χ0v) is 12.3. The highest BCUT2D eigenvalue weighted by Crippen LogP contribution is 2.24. The number of hydrogen-bond donors (Lipinski definition) is 1.